The molecule has 0 bridgehead atoms. The fraction of sp³-hybridized carbons (Fsp3) is 0.368. The van der Waals surface area contributed by atoms with Crippen molar-refractivity contribution in [2.24, 2.45) is 0 Å². The van der Waals surface area contributed by atoms with Crippen molar-refractivity contribution in [1.29, 1.82) is 0 Å². The van der Waals surface area contributed by atoms with Crippen molar-refractivity contribution >= 4 is 5.91 Å². The Morgan fingerprint density at radius 2 is 2.13 bits per heavy atom. The van der Waals surface area contributed by atoms with Gasteiger partial charge in [0.1, 0.15) is 6.10 Å². The lowest BCUT2D eigenvalue weighted by Gasteiger charge is -2.31. The maximum Gasteiger partial charge on any atom is 0.252 e. The minimum absolute atomic E-state index is 0.00638. The van der Waals surface area contributed by atoms with Crippen LogP contribution in [0.3, 0.4) is 0 Å². The second-order valence-electron chi connectivity index (χ2n) is 5.92. The second-order valence-corrected chi connectivity index (χ2v) is 5.92. The van der Waals surface area contributed by atoms with Gasteiger partial charge in [-0.05, 0) is 37.0 Å². The molecule has 1 amide bonds. The molecule has 0 saturated carbocycles. The maximum absolute atomic E-state index is 12.9. The van der Waals surface area contributed by atoms with Crippen molar-refractivity contribution in [3.8, 4) is 0 Å². The average molecular weight is 310 g/mol. The molecule has 1 aromatic heterocycles. The van der Waals surface area contributed by atoms with Crippen LogP contribution in [0.25, 0.3) is 0 Å². The summed E-state index contributed by atoms with van der Waals surface area (Å²) in [7, 11) is 0. The summed E-state index contributed by atoms with van der Waals surface area (Å²) in [5.74, 6) is 0.0720. The molecule has 4 heteroatoms. The lowest BCUT2D eigenvalue weighted by molar-refractivity contribution is -0.144. The summed E-state index contributed by atoms with van der Waals surface area (Å²) in [6.45, 7) is 3.29. The Bertz CT molecular complexity index is 624. The highest BCUT2D eigenvalue weighted by Gasteiger charge is 2.31. The van der Waals surface area contributed by atoms with Crippen LogP contribution in [0.5, 0.6) is 0 Å². The molecule has 2 aromatic rings. The zero-order valence-electron chi connectivity index (χ0n) is 13.4. The van der Waals surface area contributed by atoms with Gasteiger partial charge in [-0.25, -0.2) is 0 Å². The highest BCUT2D eigenvalue weighted by Crippen LogP contribution is 2.26. The van der Waals surface area contributed by atoms with Gasteiger partial charge in [-0.2, -0.15) is 0 Å². The Balaban J connectivity index is 1.84. The van der Waals surface area contributed by atoms with E-state index in [-0.39, 0.29) is 18.1 Å². The van der Waals surface area contributed by atoms with E-state index in [0.29, 0.717) is 13.2 Å². The van der Waals surface area contributed by atoms with Crippen molar-refractivity contribution in [2.75, 3.05) is 6.61 Å². The molecule has 1 aromatic carbocycles. The van der Waals surface area contributed by atoms with Crippen LogP contribution in [-0.4, -0.2) is 28.5 Å². The van der Waals surface area contributed by atoms with E-state index in [4.69, 9.17) is 4.74 Å². The topological polar surface area (TPSA) is 42.4 Å². The molecular formula is C19H22N2O2. The van der Waals surface area contributed by atoms with E-state index in [0.717, 1.165) is 24.0 Å². The quantitative estimate of drug-likeness (QED) is 0.850. The fourth-order valence-electron chi connectivity index (χ4n) is 2.96. The van der Waals surface area contributed by atoms with Gasteiger partial charge in [0.15, 0.2) is 0 Å². The minimum Gasteiger partial charge on any atom is -0.368 e. The van der Waals surface area contributed by atoms with Gasteiger partial charge < -0.3 is 9.64 Å². The Hall–Kier alpha value is -2.20. The number of pyridine rings is 1. The lowest BCUT2D eigenvalue weighted by Crippen LogP contribution is -2.40. The van der Waals surface area contributed by atoms with Crippen molar-refractivity contribution in [2.45, 2.75) is 38.5 Å². The van der Waals surface area contributed by atoms with Crippen LogP contribution in [0, 0.1) is 0 Å². The zero-order chi connectivity index (χ0) is 16.1. The Labute approximate surface area is 137 Å². The number of hydrogen-bond acceptors (Lipinski definition) is 3. The molecule has 1 fully saturated rings. The van der Waals surface area contributed by atoms with Crippen LogP contribution >= 0.6 is 0 Å². The summed E-state index contributed by atoms with van der Waals surface area (Å²) in [5, 5.41) is 0. The van der Waals surface area contributed by atoms with Crippen LogP contribution in [0.4, 0.5) is 0 Å². The predicted molar refractivity (Wildman–Crippen MR) is 88.6 cm³/mol. The van der Waals surface area contributed by atoms with Crippen LogP contribution in [-0.2, 0) is 16.1 Å². The first-order chi connectivity index (χ1) is 11.3. The lowest BCUT2D eigenvalue weighted by atomic mass is 10.0. The molecule has 0 N–H and O–H groups in total. The summed E-state index contributed by atoms with van der Waals surface area (Å²) in [5.41, 5.74) is 2.16. The molecule has 2 heterocycles. The molecule has 1 aliphatic heterocycles. The Morgan fingerprint density at radius 1 is 1.30 bits per heavy atom. The molecular weight excluding hydrogens is 288 g/mol. The number of hydrogen-bond donors (Lipinski definition) is 0. The number of aromatic nitrogens is 1. The van der Waals surface area contributed by atoms with Gasteiger partial charge in [0.25, 0.3) is 5.91 Å². The van der Waals surface area contributed by atoms with Crippen molar-refractivity contribution in [1.82, 2.24) is 9.88 Å². The first kappa shape index (κ1) is 15.7. The van der Waals surface area contributed by atoms with E-state index in [9.17, 15) is 4.79 Å². The minimum atomic E-state index is -0.308. The normalized spacial score (nSPS) is 18.6. The first-order valence-corrected chi connectivity index (χ1v) is 8.11. The Morgan fingerprint density at radius 3 is 2.78 bits per heavy atom. The SMILES string of the molecule is C[C@H](c1ccccc1)N(Cc1cccnc1)C(=O)[C@@H]1CCCO1. The number of carbonyl (C=O) groups excluding carboxylic acids is 1. The summed E-state index contributed by atoms with van der Waals surface area (Å²) in [6.07, 6.45) is 5.02. The van der Waals surface area contributed by atoms with E-state index in [1.54, 1.807) is 6.20 Å². The van der Waals surface area contributed by atoms with Gasteiger partial charge in [-0.3, -0.25) is 9.78 Å². The molecule has 120 valence electrons. The van der Waals surface area contributed by atoms with E-state index in [2.05, 4.69) is 24.0 Å². The summed E-state index contributed by atoms with van der Waals surface area (Å²) in [4.78, 5) is 19.0. The van der Waals surface area contributed by atoms with Gasteiger partial charge in [-0.15, -0.1) is 0 Å². The third-order valence-electron chi connectivity index (χ3n) is 4.31. The average Bonchev–Trinajstić information content (AvgIpc) is 3.15. The van der Waals surface area contributed by atoms with E-state index >= 15 is 0 Å². The molecule has 23 heavy (non-hydrogen) atoms. The van der Waals surface area contributed by atoms with Crippen molar-refractivity contribution in [3.63, 3.8) is 0 Å². The van der Waals surface area contributed by atoms with E-state index in [1.165, 1.54) is 0 Å². The van der Waals surface area contributed by atoms with Gasteiger partial charge in [0, 0.05) is 25.5 Å². The second kappa shape index (κ2) is 7.38. The number of ether oxygens (including phenoxy) is 1. The molecule has 0 aliphatic carbocycles. The van der Waals surface area contributed by atoms with E-state index in [1.807, 2.05) is 41.4 Å². The Kier molecular flexibility index (Phi) is 5.03. The number of carbonyl (C=O) groups is 1. The highest BCUT2D eigenvalue weighted by molar-refractivity contribution is 5.81. The van der Waals surface area contributed by atoms with Crippen molar-refractivity contribution < 1.29 is 9.53 Å². The summed E-state index contributed by atoms with van der Waals surface area (Å²) in [6, 6.07) is 14.0. The van der Waals surface area contributed by atoms with Crippen LogP contribution < -0.4 is 0 Å². The molecule has 0 radical (unpaired) electrons. The van der Waals surface area contributed by atoms with Crippen LogP contribution in [0.15, 0.2) is 54.9 Å². The zero-order valence-corrected chi connectivity index (χ0v) is 13.4. The highest BCUT2D eigenvalue weighted by atomic mass is 16.5. The summed E-state index contributed by atoms with van der Waals surface area (Å²) >= 11 is 0. The fourth-order valence-corrected chi connectivity index (χ4v) is 2.96. The smallest absolute Gasteiger partial charge is 0.252 e. The van der Waals surface area contributed by atoms with Gasteiger partial charge >= 0.3 is 0 Å². The molecule has 0 spiro atoms. The van der Waals surface area contributed by atoms with Gasteiger partial charge in [0.05, 0.1) is 6.04 Å². The number of nitrogens with zero attached hydrogens (tertiary/aromatic N) is 2. The standard InChI is InChI=1S/C19H22N2O2/c1-15(17-8-3-2-4-9-17)21(14-16-7-5-11-20-13-16)19(22)18-10-6-12-23-18/h2-5,7-9,11,13,15,18H,6,10,12,14H2,1H3/t15-,18+/m1/s1. The predicted octanol–water partition coefficient (Wildman–Crippen LogP) is 3.35. The first-order valence-electron chi connectivity index (χ1n) is 8.11. The molecule has 2 atom stereocenters. The third kappa shape index (κ3) is 3.77. The van der Waals surface area contributed by atoms with E-state index < -0.39 is 0 Å². The maximum atomic E-state index is 12.9. The van der Waals surface area contributed by atoms with Crippen LogP contribution in [0.2, 0.25) is 0 Å². The van der Waals surface area contributed by atoms with Gasteiger partial charge in [-0.1, -0.05) is 36.4 Å². The molecule has 1 saturated heterocycles. The largest absolute Gasteiger partial charge is 0.368 e. The molecule has 4 nitrogen and oxygen atoms in total. The summed E-state index contributed by atoms with van der Waals surface area (Å²) < 4.78 is 5.61. The van der Waals surface area contributed by atoms with Crippen molar-refractivity contribution in [3.05, 3.63) is 66.0 Å². The number of benzene rings is 1. The number of amides is 1. The number of rotatable bonds is 5. The monoisotopic (exact) mass is 310 g/mol. The molecule has 1 aliphatic rings. The third-order valence-corrected chi connectivity index (χ3v) is 4.31. The van der Waals surface area contributed by atoms with Crippen LogP contribution in [0.1, 0.15) is 36.9 Å². The molecule has 3 rings (SSSR count). The van der Waals surface area contributed by atoms with Gasteiger partial charge in [0.2, 0.25) is 0 Å². The molecule has 0 unspecified atom stereocenters.